The molecular weight excluding hydrogens is 296 g/mol. The molecule has 0 spiro atoms. The number of nitrogens with one attached hydrogen (secondary N) is 2. The molecular formula is C13H22N2O5S. The predicted molar refractivity (Wildman–Crippen MR) is 79.5 cm³/mol. The van der Waals surface area contributed by atoms with Crippen LogP contribution in [0.2, 0.25) is 0 Å². The number of sulfonamides is 1. The standard InChI is InChI=1S/C13H22N2O5S/c1-18-9-8-14-6-7-15-21(16,17)13-10-11(19-2)4-5-12(13)20-3/h4-5,10,14-15H,6-9H2,1-3H3. The molecule has 0 atom stereocenters. The summed E-state index contributed by atoms with van der Waals surface area (Å²) in [5, 5.41) is 3.05. The van der Waals surface area contributed by atoms with Crippen molar-refractivity contribution in [3.63, 3.8) is 0 Å². The SMILES string of the molecule is COCCNCCNS(=O)(=O)c1cc(OC)ccc1OC. The van der Waals surface area contributed by atoms with Gasteiger partial charge in [0.2, 0.25) is 10.0 Å². The van der Waals surface area contributed by atoms with E-state index in [9.17, 15) is 8.42 Å². The lowest BCUT2D eigenvalue weighted by Crippen LogP contribution is -2.33. The molecule has 0 aromatic heterocycles. The fourth-order valence-electron chi connectivity index (χ4n) is 1.64. The molecule has 0 aliphatic rings. The van der Waals surface area contributed by atoms with E-state index in [1.165, 1.54) is 20.3 Å². The van der Waals surface area contributed by atoms with E-state index < -0.39 is 10.0 Å². The maximum Gasteiger partial charge on any atom is 0.244 e. The lowest BCUT2D eigenvalue weighted by molar-refractivity contribution is 0.199. The predicted octanol–water partition coefficient (Wildman–Crippen LogP) is 0.218. The Labute approximate surface area is 125 Å². The molecule has 0 aliphatic heterocycles. The monoisotopic (exact) mass is 318 g/mol. The highest BCUT2D eigenvalue weighted by atomic mass is 32.2. The second-order valence-electron chi connectivity index (χ2n) is 4.16. The van der Waals surface area contributed by atoms with Crippen molar-refractivity contribution in [1.82, 2.24) is 10.0 Å². The van der Waals surface area contributed by atoms with Crippen LogP contribution in [0.3, 0.4) is 0 Å². The minimum Gasteiger partial charge on any atom is -0.497 e. The Kier molecular flexibility index (Phi) is 7.44. The van der Waals surface area contributed by atoms with Crippen LogP contribution >= 0.6 is 0 Å². The van der Waals surface area contributed by atoms with Crippen molar-refractivity contribution in [3.8, 4) is 11.5 Å². The lowest BCUT2D eigenvalue weighted by Gasteiger charge is -2.12. The van der Waals surface area contributed by atoms with E-state index >= 15 is 0 Å². The molecule has 0 radical (unpaired) electrons. The number of methoxy groups -OCH3 is 3. The van der Waals surface area contributed by atoms with Crippen LogP contribution in [0.5, 0.6) is 11.5 Å². The second-order valence-corrected chi connectivity index (χ2v) is 5.89. The molecule has 2 N–H and O–H groups in total. The van der Waals surface area contributed by atoms with Crippen LogP contribution in [0, 0.1) is 0 Å². The van der Waals surface area contributed by atoms with E-state index in [0.29, 0.717) is 25.4 Å². The number of hydrogen-bond donors (Lipinski definition) is 2. The summed E-state index contributed by atoms with van der Waals surface area (Å²) in [5.41, 5.74) is 0. The summed E-state index contributed by atoms with van der Waals surface area (Å²) >= 11 is 0. The van der Waals surface area contributed by atoms with Crippen LogP contribution in [0.15, 0.2) is 23.1 Å². The summed E-state index contributed by atoms with van der Waals surface area (Å²) in [6.07, 6.45) is 0. The smallest absolute Gasteiger partial charge is 0.244 e. The van der Waals surface area contributed by atoms with Gasteiger partial charge >= 0.3 is 0 Å². The van der Waals surface area contributed by atoms with Crippen molar-refractivity contribution in [2.45, 2.75) is 4.90 Å². The maximum atomic E-state index is 12.3. The number of rotatable bonds is 10. The number of hydrogen-bond acceptors (Lipinski definition) is 6. The first kappa shape index (κ1) is 17.7. The fraction of sp³-hybridized carbons (Fsp3) is 0.538. The molecule has 0 bridgehead atoms. The average Bonchev–Trinajstić information content (AvgIpc) is 2.50. The van der Waals surface area contributed by atoms with E-state index in [-0.39, 0.29) is 17.2 Å². The molecule has 1 rings (SSSR count). The summed E-state index contributed by atoms with van der Waals surface area (Å²) in [6, 6.07) is 4.63. The van der Waals surface area contributed by atoms with Crippen LogP contribution in [0.1, 0.15) is 0 Å². The lowest BCUT2D eigenvalue weighted by atomic mass is 10.3. The quantitative estimate of drug-likeness (QED) is 0.600. The zero-order chi connectivity index (χ0) is 15.7. The van der Waals surface area contributed by atoms with E-state index in [1.54, 1.807) is 19.2 Å². The molecule has 120 valence electrons. The first-order chi connectivity index (χ1) is 10.0. The Balaban J connectivity index is 2.69. The van der Waals surface area contributed by atoms with Crippen LogP contribution < -0.4 is 19.5 Å². The molecule has 0 aliphatic carbocycles. The van der Waals surface area contributed by atoms with E-state index in [1.807, 2.05) is 0 Å². The molecule has 7 nitrogen and oxygen atoms in total. The van der Waals surface area contributed by atoms with Crippen molar-refractivity contribution >= 4 is 10.0 Å². The van der Waals surface area contributed by atoms with Gasteiger partial charge in [-0.3, -0.25) is 0 Å². The third-order valence-electron chi connectivity index (χ3n) is 2.74. The minimum atomic E-state index is -3.65. The van der Waals surface area contributed by atoms with Crippen molar-refractivity contribution in [3.05, 3.63) is 18.2 Å². The number of benzene rings is 1. The van der Waals surface area contributed by atoms with Crippen molar-refractivity contribution in [2.75, 3.05) is 47.6 Å². The molecule has 0 saturated carbocycles. The van der Waals surface area contributed by atoms with Gasteiger partial charge in [0.15, 0.2) is 0 Å². The van der Waals surface area contributed by atoms with Gasteiger partial charge < -0.3 is 19.5 Å². The molecule has 0 saturated heterocycles. The van der Waals surface area contributed by atoms with Gasteiger partial charge in [-0.1, -0.05) is 0 Å². The van der Waals surface area contributed by atoms with E-state index in [2.05, 4.69) is 10.0 Å². The molecule has 8 heteroatoms. The van der Waals surface area contributed by atoms with Gasteiger partial charge in [-0.25, -0.2) is 13.1 Å². The Morgan fingerprint density at radius 3 is 2.43 bits per heavy atom. The van der Waals surface area contributed by atoms with Gasteiger partial charge in [0.25, 0.3) is 0 Å². The zero-order valence-corrected chi connectivity index (χ0v) is 13.3. The topological polar surface area (TPSA) is 85.9 Å². The van der Waals surface area contributed by atoms with E-state index in [4.69, 9.17) is 14.2 Å². The Hall–Kier alpha value is -1.35. The van der Waals surface area contributed by atoms with Gasteiger partial charge in [0, 0.05) is 32.8 Å². The normalized spacial score (nSPS) is 11.4. The highest BCUT2D eigenvalue weighted by Gasteiger charge is 2.19. The maximum absolute atomic E-state index is 12.3. The second kappa shape index (κ2) is 8.83. The molecule has 21 heavy (non-hydrogen) atoms. The summed E-state index contributed by atoms with van der Waals surface area (Å²) < 4.78 is 42.1. The summed E-state index contributed by atoms with van der Waals surface area (Å²) in [6.45, 7) is 2.03. The van der Waals surface area contributed by atoms with E-state index in [0.717, 1.165) is 0 Å². The Morgan fingerprint density at radius 1 is 1.05 bits per heavy atom. The van der Waals surface area contributed by atoms with Crippen LogP contribution in [0.25, 0.3) is 0 Å². The third kappa shape index (κ3) is 5.50. The van der Waals surface area contributed by atoms with Crippen molar-refractivity contribution in [1.29, 1.82) is 0 Å². The van der Waals surface area contributed by atoms with Crippen molar-refractivity contribution < 1.29 is 22.6 Å². The zero-order valence-electron chi connectivity index (χ0n) is 12.5. The van der Waals surface area contributed by atoms with Crippen molar-refractivity contribution in [2.24, 2.45) is 0 Å². The van der Waals surface area contributed by atoms with Gasteiger partial charge in [-0.05, 0) is 12.1 Å². The summed E-state index contributed by atoms with van der Waals surface area (Å²) in [4.78, 5) is 0.0567. The minimum absolute atomic E-state index is 0.0567. The molecule has 1 aromatic rings. The van der Waals surface area contributed by atoms with Gasteiger partial charge in [-0.15, -0.1) is 0 Å². The van der Waals surface area contributed by atoms with Crippen LogP contribution in [0.4, 0.5) is 0 Å². The summed E-state index contributed by atoms with van der Waals surface area (Å²) in [7, 11) is 0.857. The molecule has 0 amide bonds. The highest BCUT2D eigenvalue weighted by Crippen LogP contribution is 2.27. The molecule has 0 heterocycles. The van der Waals surface area contributed by atoms with Gasteiger partial charge in [0.1, 0.15) is 16.4 Å². The van der Waals surface area contributed by atoms with Gasteiger partial charge in [-0.2, -0.15) is 0 Å². The van der Waals surface area contributed by atoms with Crippen LogP contribution in [-0.4, -0.2) is 56.0 Å². The largest absolute Gasteiger partial charge is 0.497 e. The molecule has 1 aromatic carbocycles. The summed E-state index contributed by atoms with van der Waals surface area (Å²) in [5.74, 6) is 0.727. The first-order valence-electron chi connectivity index (χ1n) is 6.46. The third-order valence-corrected chi connectivity index (χ3v) is 4.22. The Morgan fingerprint density at radius 2 is 1.81 bits per heavy atom. The Bertz CT molecular complexity index is 533. The average molecular weight is 318 g/mol. The van der Waals surface area contributed by atoms with Crippen LogP contribution in [-0.2, 0) is 14.8 Å². The molecule has 0 unspecified atom stereocenters. The molecule has 0 fully saturated rings. The highest BCUT2D eigenvalue weighted by molar-refractivity contribution is 7.89. The van der Waals surface area contributed by atoms with Gasteiger partial charge in [0.05, 0.1) is 20.8 Å². The first-order valence-corrected chi connectivity index (χ1v) is 7.95. The fourth-order valence-corrected chi connectivity index (χ4v) is 2.86. The number of ether oxygens (including phenoxy) is 3.